The maximum absolute atomic E-state index is 12.6. The van der Waals surface area contributed by atoms with Crippen molar-refractivity contribution in [3.8, 4) is 11.1 Å². The first kappa shape index (κ1) is 21.1. The Bertz CT molecular complexity index is 1280. The number of rotatable bonds is 7. The first-order chi connectivity index (χ1) is 15.6. The van der Waals surface area contributed by atoms with Crippen LogP contribution in [0.3, 0.4) is 0 Å². The molecule has 4 aromatic rings. The third kappa shape index (κ3) is 5.14. The van der Waals surface area contributed by atoms with Crippen molar-refractivity contribution in [2.75, 3.05) is 0 Å². The van der Waals surface area contributed by atoms with E-state index in [4.69, 9.17) is 0 Å². The van der Waals surface area contributed by atoms with Crippen LogP contribution >= 0.6 is 11.8 Å². The second-order valence-corrected chi connectivity index (χ2v) is 7.77. The highest BCUT2D eigenvalue weighted by atomic mass is 32.2. The molecule has 4 rings (SSSR count). The van der Waals surface area contributed by atoms with Crippen LogP contribution in [0.2, 0.25) is 0 Å². The molecule has 0 fully saturated rings. The van der Waals surface area contributed by atoms with E-state index in [-0.39, 0.29) is 11.5 Å². The van der Waals surface area contributed by atoms with Crippen molar-refractivity contribution in [2.45, 2.75) is 10.1 Å². The Morgan fingerprint density at radius 3 is 2.25 bits per heavy atom. The SMILES string of the molecule is O=C(C=Cc1ccc(Sc2ncccn2)c([N+](=O)[O-])c1)c1ccc(-c2ccccc2)cc1. The van der Waals surface area contributed by atoms with Crippen LogP contribution in [-0.4, -0.2) is 20.7 Å². The van der Waals surface area contributed by atoms with Gasteiger partial charge >= 0.3 is 0 Å². The molecule has 0 radical (unpaired) electrons. The van der Waals surface area contributed by atoms with Crippen LogP contribution in [0.4, 0.5) is 5.69 Å². The van der Waals surface area contributed by atoms with Gasteiger partial charge in [0.05, 0.1) is 9.82 Å². The van der Waals surface area contributed by atoms with Crippen molar-refractivity contribution >= 4 is 29.3 Å². The molecule has 7 heteroatoms. The number of carbonyl (C=O) groups is 1. The molecular weight excluding hydrogens is 422 g/mol. The van der Waals surface area contributed by atoms with E-state index in [0.717, 1.165) is 22.9 Å². The second kappa shape index (κ2) is 9.80. The van der Waals surface area contributed by atoms with Crippen molar-refractivity contribution in [2.24, 2.45) is 0 Å². The molecule has 0 atom stereocenters. The molecule has 6 nitrogen and oxygen atoms in total. The van der Waals surface area contributed by atoms with Gasteiger partial charge in [-0.05, 0) is 46.7 Å². The third-order valence-electron chi connectivity index (χ3n) is 4.63. The minimum atomic E-state index is -0.452. The van der Waals surface area contributed by atoms with Crippen LogP contribution in [-0.2, 0) is 0 Å². The van der Waals surface area contributed by atoms with Gasteiger partial charge in [0.2, 0.25) is 0 Å². The summed E-state index contributed by atoms with van der Waals surface area (Å²) in [4.78, 5) is 32.2. The molecule has 1 aromatic heterocycles. The fourth-order valence-electron chi connectivity index (χ4n) is 3.03. The molecule has 0 saturated heterocycles. The number of nitro groups is 1. The molecule has 1 heterocycles. The molecule has 0 spiro atoms. The lowest BCUT2D eigenvalue weighted by Gasteiger charge is -2.03. The predicted molar refractivity (Wildman–Crippen MR) is 124 cm³/mol. The van der Waals surface area contributed by atoms with Crippen molar-refractivity contribution in [1.82, 2.24) is 9.97 Å². The molecule has 0 amide bonds. The van der Waals surface area contributed by atoms with Crippen LogP contribution in [0.15, 0.2) is 107 Å². The number of hydrogen-bond donors (Lipinski definition) is 0. The van der Waals surface area contributed by atoms with Gasteiger partial charge in [-0.25, -0.2) is 9.97 Å². The van der Waals surface area contributed by atoms with Crippen molar-refractivity contribution in [3.63, 3.8) is 0 Å². The van der Waals surface area contributed by atoms with Crippen LogP contribution in [0.25, 0.3) is 17.2 Å². The summed E-state index contributed by atoms with van der Waals surface area (Å²) < 4.78 is 0. The summed E-state index contributed by atoms with van der Waals surface area (Å²) in [6, 6.07) is 23.7. The lowest BCUT2D eigenvalue weighted by atomic mass is 10.0. The zero-order valence-corrected chi connectivity index (χ0v) is 17.6. The van der Waals surface area contributed by atoms with E-state index >= 15 is 0 Å². The van der Waals surface area contributed by atoms with E-state index < -0.39 is 4.92 Å². The normalized spacial score (nSPS) is 10.9. The number of benzene rings is 3. The first-order valence-electron chi connectivity index (χ1n) is 9.71. The summed E-state index contributed by atoms with van der Waals surface area (Å²) in [6.45, 7) is 0. The molecule has 0 aliphatic carbocycles. The average Bonchev–Trinajstić information content (AvgIpc) is 2.84. The summed E-state index contributed by atoms with van der Waals surface area (Å²) in [6.07, 6.45) is 6.16. The Labute approximate surface area is 188 Å². The summed E-state index contributed by atoms with van der Waals surface area (Å²) in [5.41, 5.74) is 3.14. The number of ketones is 1. The summed E-state index contributed by atoms with van der Waals surface area (Å²) >= 11 is 1.12. The van der Waals surface area contributed by atoms with Crippen LogP contribution in [0.1, 0.15) is 15.9 Å². The quantitative estimate of drug-likeness (QED) is 0.114. The lowest BCUT2D eigenvalue weighted by Crippen LogP contribution is -1.95. The molecule has 0 N–H and O–H groups in total. The van der Waals surface area contributed by atoms with Gasteiger partial charge in [-0.15, -0.1) is 0 Å². The molecule has 32 heavy (non-hydrogen) atoms. The second-order valence-electron chi connectivity index (χ2n) is 6.76. The zero-order valence-electron chi connectivity index (χ0n) is 16.8. The van der Waals surface area contributed by atoms with E-state index in [9.17, 15) is 14.9 Å². The summed E-state index contributed by atoms with van der Waals surface area (Å²) in [7, 11) is 0. The monoisotopic (exact) mass is 439 g/mol. The number of aromatic nitrogens is 2. The molecule has 0 saturated carbocycles. The Kier molecular flexibility index (Phi) is 6.48. The van der Waals surface area contributed by atoms with E-state index in [0.29, 0.717) is 21.2 Å². The van der Waals surface area contributed by atoms with Gasteiger partial charge in [-0.2, -0.15) is 0 Å². The molecule has 156 valence electrons. The van der Waals surface area contributed by atoms with Gasteiger partial charge in [-0.1, -0.05) is 66.7 Å². The van der Waals surface area contributed by atoms with Crippen molar-refractivity contribution in [1.29, 1.82) is 0 Å². The zero-order chi connectivity index (χ0) is 22.3. The Morgan fingerprint density at radius 2 is 1.56 bits per heavy atom. The molecule has 0 aliphatic heterocycles. The number of allylic oxidation sites excluding steroid dienone is 1. The Hall–Kier alpha value is -4.10. The summed E-state index contributed by atoms with van der Waals surface area (Å²) in [5.74, 6) is -0.177. The van der Waals surface area contributed by atoms with Crippen LogP contribution in [0.5, 0.6) is 0 Å². The predicted octanol–water partition coefficient (Wildman–Crippen LogP) is 6.10. The molecule has 3 aromatic carbocycles. The Morgan fingerprint density at radius 1 is 0.875 bits per heavy atom. The minimum absolute atomic E-state index is 0.0655. The number of hydrogen-bond acceptors (Lipinski definition) is 6. The van der Waals surface area contributed by atoms with E-state index in [1.165, 1.54) is 12.1 Å². The molecule has 0 unspecified atom stereocenters. The van der Waals surface area contributed by atoms with Crippen molar-refractivity contribution in [3.05, 3.63) is 119 Å². The molecule has 0 aliphatic rings. The highest BCUT2D eigenvalue weighted by Crippen LogP contribution is 2.33. The number of nitrogens with zero attached hydrogens (tertiary/aromatic N) is 3. The van der Waals surface area contributed by atoms with Gasteiger partial charge in [0.25, 0.3) is 5.69 Å². The number of nitro benzene ring substituents is 1. The standard InChI is InChI=1S/C25H17N3O3S/c29-23(21-11-9-20(10-12-21)19-5-2-1-3-6-19)13-7-18-8-14-24(22(17-18)28(30)31)32-25-26-15-4-16-27-25/h1-17H. The van der Waals surface area contributed by atoms with Gasteiger partial charge < -0.3 is 0 Å². The number of carbonyl (C=O) groups excluding carboxylic acids is 1. The fourth-order valence-corrected chi connectivity index (χ4v) is 3.83. The van der Waals surface area contributed by atoms with E-state index in [1.807, 2.05) is 42.5 Å². The maximum atomic E-state index is 12.6. The fraction of sp³-hybridized carbons (Fsp3) is 0. The van der Waals surface area contributed by atoms with Gasteiger partial charge in [-0.3, -0.25) is 14.9 Å². The van der Waals surface area contributed by atoms with Gasteiger partial charge in [0, 0.05) is 24.0 Å². The maximum Gasteiger partial charge on any atom is 0.283 e. The average molecular weight is 439 g/mol. The van der Waals surface area contributed by atoms with Crippen molar-refractivity contribution < 1.29 is 9.72 Å². The smallest absolute Gasteiger partial charge is 0.283 e. The van der Waals surface area contributed by atoms with Gasteiger partial charge in [0.15, 0.2) is 10.9 Å². The topological polar surface area (TPSA) is 86.0 Å². The van der Waals surface area contributed by atoms with Crippen LogP contribution in [0, 0.1) is 10.1 Å². The van der Waals surface area contributed by atoms with Crippen LogP contribution < -0.4 is 0 Å². The third-order valence-corrected chi connectivity index (χ3v) is 5.59. The highest BCUT2D eigenvalue weighted by Gasteiger charge is 2.16. The van der Waals surface area contributed by atoms with Gasteiger partial charge in [0.1, 0.15) is 0 Å². The largest absolute Gasteiger partial charge is 0.289 e. The Balaban J connectivity index is 1.50. The van der Waals surface area contributed by atoms with E-state index in [1.54, 1.807) is 48.8 Å². The first-order valence-corrected chi connectivity index (χ1v) is 10.5. The molecule has 0 bridgehead atoms. The lowest BCUT2D eigenvalue weighted by molar-refractivity contribution is -0.387. The van der Waals surface area contributed by atoms with E-state index in [2.05, 4.69) is 9.97 Å². The minimum Gasteiger partial charge on any atom is -0.289 e. The molecular formula is C25H17N3O3S. The highest BCUT2D eigenvalue weighted by molar-refractivity contribution is 7.99. The summed E-state index contributed by atoms with van der Waals surface area (Å²) in [5, 5.41) is 12.0.